The number of hydrogen-bond acceptors (Lipinski definition) is 1. The van der Waals surface area contributed by atoms with Crippen molar-refractivity contribution in [3.63, 3.8) is 0 Å². The van der Waals surface area contributed by atoms with Crippen molar-refractivity contribution in [1.82, 2.24) is 4.90 Å². The van der Waals surface area contributed by atoms with E-state index in [0.29, 0.717) is 6.04 Å². The zero-order valence-electron chi connectivity index (χ0n) is 13.2. The van der Waals surface area contributed by atoms with Gasteiger partial charge in [-0.05, 0) is 30.0 Å². The summed E-state index contributed by atoms with van der Waals surface area (Å²) in [4.78, 5) is 14.9. The van der Waals surface area contributed by atoms with E-state index in [2.05, 4.69) is 12.1 Å². The van der Waals surface area contributed by atoms with Gasteiger partial charge in [-0.2, -0.15) is 0 Å². The first-order chi connectivity index (χ1) is 10.8. The van der Waals surface area contributed by atoms with Crippen LogP contribution in [0.1, 0.15) is 42.5 Å². The van der Waals surface area contributed by atoms with Gasteiger partial charge >= 0.3 is 0 Å². The van der Waals surface area contributed by atoms with Crippen LogP contribution in [0, 0.1) is 0 Å². The molecule has 3 rings (SSSR count). The van der Waals surface area contributed by atoms with Crippen molar-refractivity contribution in [3.8, 4) is 11.1 Å². The van der Waals surface area contributed by atoms with Crippen LogP contribution < -0.4 is 0 Å². The van der Waals surface area contributed by atoms with Crippen LogP contribution in [0.2, 0.25) is 0 Å². The zero-order valence-corrected chi connectivity index (χ0v) is 13.2. The van der Waals surface area contributed by atoms with Crippen molar-refractivity contribution in [2.75, 3.05) is 7.05 Å². The molecule has 2 heteroatoms. The molecule has 1 fully saturated rings. The van der Waals surface area contributed by atoms with Crippen LogP contribution in [0.5, 0.6) is 0 Å². The highest BCUT2D eigenvalue weighted by atomic mass is 16.2. The summed E-state index contributed by atoms with van der Waals surface area (Å²) < 4.78 is 0. The summed E-state index contributed by atoms with van der Waals surface area (Å²) in [6.45, 7) is 0. The predicted molar refractivity (Wildman–Crippen MR) is 90.8 cm³/mol. The lowest BCUT2D eigenvalue weighted by Crippen LogP contribution is -2.38. The Hall–Kier alpha value is -2.09. The lowest BCUT2D eigenvalue weighted by molar-refractivity contribution is 0.0697. The smallest absolute Gasteiger partial charge is 0.254 e. The molecule has 0 bridgehead atoms. The molecule has 22 heavy (non-hydrogen) atoms. The van der Waals surface area contributed by atoms with Gasteiger partial charge in [-0.1, -0.05) is 67.8 Å². The van der Waals surface area contributed by atoms with E-state index in [1.807, 2.05) is 54.4 Å². The third-order valence-electron chi connectivity index (χ3n) is 4.69. The molecular formula is C20H23NO. The molecule has 2 aromatic carbocycles. The highest BCUT2D eigenvalue weighted by molar-refractivity contribution is 6.00. The van der Waals surface area contributed by atoms with E-state index in [-0.39, 0.29) is 5.91 Å². The van der Waals surface area contributed by atoms with Crippen LogP contribution in [0.15, 0.2) is 54.6 Å². The second-order valence-electron chi connectivity index (χ2n) is 6.12. The Bertz CT molecular complexity index is 629. The van der Waals surface area contributed by atoms with E-state index in [4.69, 9.17) is 0 Å². The van der Waals surface area contributed by atoms with Gasteiger partial charge in [-0.3, -0.25) is 4.79 Å². The van der Waals surface area contributed by atoms with Gasteiger partial charge < -0.3 is 4.90 Å². The normalized spacial score (nSPS) is 15.5. The standard InChI is InChI=1S/C20H23NO/c1-21(17-12-6-3-7-13-17)20(22)19-15-9-8-14-18(19)16-10-4-2-5-11-16/h2,4-5,8-11,14-15,17H,3,6-7,12-13H2,1H3. The minimum absolute atomic E-state index is 0.145. The fourth-order valence-electron chi connectivity index (χ4n) is 3.36. The number of carbonyl (C=O) groups is 1. The number of carbonyl (C=O) groups excluding carboxylic acids is 1. The van der Waals surface area contributed by atoms with Gasteiger partial charge in [0, 0.05) is 18.7 Å². The van der Waals surface area contributed by atoms with E-state index in [1.165, 1.54) is 19.3 Å². The van der Waals surface area contributed by atoms with E-state index < -0.39 is 0 Å². The second kappa shape index (κ2) is 6.78. The molecule has 2 nitrogen and oxygen atoms in total. The van der Waals surface area contributed by atoms with Crippen LogP contribution in [-0.2, 0) is 0 Å². The van der Waals surface area contributed by atoms with Crippen molar-refractivity contribution in [3.05, 3.63) is 60.2 Å². The quantitative estimate of drug-likeness (QED) is 0.799. The zero-order chi connectivity index (χ0) is 15.4. The molecule has 0 heterocycles. The third kappa shape index (κ3) is 3.06. The Balaban J connectivity index is 1.89. The molecule has 0 aliphatic heterocycles. The molecule has 1 aliphatic rings. The Morgan fingerprint density at radius 2 is 1.55 bits per heavy atom. The van der Waals surface area contributed by atoms with Crippen molar-refractivity contribution in [2.45, 2.75) is 38.1 Å². The lowest BCUT2D eigenvalue weighted by Gasteiger charge is -2.31. The SMILES string of the molecule is CN(C(=O)c1ccccc1-c1ccccc1)C1CCCCC1. The maximum absolute atomic E-state index is 13.0. The van der Waals surface area contributed by atoms with Crippen LogP contribution in [0.3, 0.4) is 0 Å². The van der Waals surface area contributed by atoms with Crippen LogP contribution >= 0.6 is 0 Å². The molecule has 0 N–H and O–H groups in total. The molecule has 1 aliphatic carbocycles. The summed E-state index contributed by atoms with van der Waals surface area (Å²) in [6.07, 6.45) is 6.05. The van der Waals surface area contributed by atoms with Crippen LogP contribution in [-0.4, -0.2) is 23.9 Å². The highest BCUT2D eigenvalue weighted by Crippen LogP contribution is 2.27. The molecule has 114 valence electrons. The second-order valence-corrected chi connectivity index (χ2v) is 6.12. The van der Waals surface area contributed by atoms with E-state index in [0.717, 1.165) is 29.5 Å². The monoisotopic (exact) mass is 293 g/mol. The lowest BCUT2D eigenvalue weighted by atomic mass is 9.93. The van der Waals surface area contributed by atoms with E-state index in [1.54, 1.807) is 0 Å². The predicted octanol–water partition coefficient (Wildman–Crippen LogP) is 4.76. The first-order valence-electron chi connectivity index (χ1n) is 8.19. The molecule has 1 saturated carbocycles. The van der Waals surface area contributed by atoms with Crippen molar-refractivity contribution < 1.29 is 4.79 Å². The van der Waals surface area contributed by atoms with Crippen LogP contribution in [0.25, 0.3) is 11.1 Å². The Kier molecular flexibility index (Phi) is 4.57. The number of nitrogens with zero attached hydrogens (tertiary/aromatic N) is 1. The molecule has 0 saturated heterocycles. The molecule has 0 radical (unpaired) electrons. The van der Waals surface area contributed by atoms with Crippen molar-refractivity contribution in [2.24, 2.45) is 0 Å². The summed E-state index contributed by atoms with van der Waals surface area (Å²) in [5.41, 5.74) is 2.93. The molecule has 2 aromatic rings. The average Bonchev–Trinajstić information content (AvgIpc) is 2.62. The number of rotatable bonds is 3. The maximum atomic E-state index is 13.0. The van der Waals surface area contributed by atoms with Gasteiger partial charge in [0.2, 0.25) is 0 Å². The first-order valence-corrected chi connectivity index (χ1v) is 8.19. The minimum Gasteiger partial charge on any atom is -0.339 e. The summed E-state index contributed by atoms with van der Waals surface area (Å²) in [6, 6.07) is 18.5. The number of amides is 1. The average molecular weight is 293 g/mol. The van der Waals surface area contributed by atoms with Gasteiger partial charge in [-0.15, -0.1) is 0 Å². The topological polar surface area (TPSA) is 20.3 Å². The largest absolute Gasteiger partial charge is 0.339 e. The van der Waals surface area contributed by atoms with Gasteiger partial charge in [0.1, 0.15) is 0 Å². The molecule has 0 atom stereocenters. The molecule has 0 spiro atoms. The summed E-state index contributed by atoms with van der Waals surface area (Å²) in [5.74, 6) is 0.145. The van der Waals surface area contributed by atoms with Gasteiger partial charge in [0.05, 0.1) is 0 Å². The summed E-state index contributed by atoms with van der Waals surface area (Å²) in [7, 11) is 1.96. The Morgan fingerprint density at radius 3 is 2.27 bits per heavy atom. The van der Waals surface area contributed by atoms with E-state index >= 15 is 0 Å². The fraction of sp³-hybridized carbons (Fsp3) is 0.350. The summed E-state index contributed by atoms with van der Waals surface area (Å²) >= 11 is 0. The third-order valence-corrected chi connectivity index (χ3v) is 4.69. The minimum atomic E-state index is 0.145. The van der Waals surface area contributed by atoms with Crippen LogP contribution in [0.4, 0.5) is 0 Å². The summed E-state index contributed by atoms with van der Waals surface area (Å²) in [5, 5.41) is 0. The molecule has 0 aromatic heterocycles. The van der Waals surface area contributed by atoms with E-state index in [9.17, 15) is 4.79 Å². The number of benzene rings is 2. The van der Waals surface area contributed by atoms with Gasteiger partial charge in [0.15, 0.2) is 0 Å². The van der Waals surface area contributed by atoms with Crippen molar-refractivity contribution in [1.29, 1.82) is 0 Å². The highest BCUT2D eigenvalue weighted by Gasteiger charge is 2.24. The molecular weight excluding hydrogens is 270 g/mol. The van der Waals surface area contributed by atoms with Gasteiger partial charge in [-0.25, -0.2) is 0 Å². The fourth-order valence-corrected chi connectivity index (χ4v) is 3.36. The molecule has 1 amide bonds. The van der Waals surface area contributed by atoms with Gasteiger partial charge in [0.25, 0.3) is 5.91 Å². The Morgan fingerprint density at radius 1 is 0.909 bits per heavy atom. The molecule has 0 unspecified atom stereocenters. The van der Waals surface area contributed by atoms with Crippen molar-refractivity contribution >= 4 is 5.91 Å². The first kappa shape index (κ1) is 14.8. The number of hydrogen-bond donors (Lipinski definition) is 0. The Labute approximate surface area is 132 Å². The maximum Gasteiger partial charge on any atom is 0.254 e.